The maximum Gasteiger partial charge on any atom is 0.534 e. The van der Waals surface area contributed by atoms with E-state index in [0.29, 0.717) is 118 Å². The van der Waals surface area contributed by atoms with Crippen molar-refractivity contribution in [1.82, 2.24) is 0 Å². The molecule has 0 radical (unpaired) electrons. The number of rotatable bonds is 15. The summed E-state index contributed by atoms with van der Waals surface area (Å²) in [5.41, 5.74) is 1.08. The molecule has 10 aromatic rings. The first-order chi connectivity index (χ1) is 52.2. The summed E-state index contributed by atoms with van der Waals surface area (Å²) in [6.07, 6.45) is 0. The van der Waals surface area contributed by atoms with E-state index < -0.39 is 83.4 Å². The molecule has 0 bridgehead atoms. The molecule has 1 saturated heterocycles. The Kier molecular flexibility index (Phi) is 18.9. The maximum absolute atomic E-state index is 13.2. The van der Waals surface area contributed by atoms with E-state index >= 15 is 0 Å². The molecule has 17 rings (SSSR count). The van der Waals surface area contributed by atoms with Gasteiger partial charge in [0, 0.05) is 44.2 Å². The van der Waals surface area contributed by atoms with Crippen LogP contribution in [0, 0.1) is 0 Å². The third-order valence-corrected chi connectivity index (χ3v) is 21.2. The smallest absolute Gasteiger partial charge is 0.497 e. The lowest BCUT2D eigenvalue weighted by Gasteiger charge is -2.32. The highest BCUT2D eigenvalue weighted by Gasteiger charge is 2.54. The van der Waals surface area contributed by atoms with Crippen molar-refractivity contribution >= 4 is 78.9 Å². The molecule has 0 atom stereocenters. The predicted octanol–water partition coefficient (Wildman–Crippen LogP) is 10.4. The Morgan fingerprint density at radius 3 is 1.17 bits per heavy atom. The molecule has 7 heterocycles. The SMILES string of the molecule is CC1(C)OB(c2c3c(c(-c4ccc5c(c4)OCO5)c4cc(CO)c(CO)cc24)C(=O)OC3)OC1(C)C.COc1ccc(C(=O)Oc2c3c(c(-c4ccc5c(c4)OCO5)c4cc(CO)c(CO)cc24)C(=O)OC3)cc1.O=C1OCc2c1c(-c1ccc3c(c1)OCO3)c1cc(CO)c(CO)cc1c2OS(=O)(=O)C(F)(F)F. The molecule has 1 fully saturated rings. The molecule has 31 heteroatoms. The van der Waals surface area contributed by atoms with Crippen LogP contribution in [0.4, 0.5) is 13.2 Å². The molecule has 7 aliphatic heterocycles. The number of methoxy groups -OCH3 is 1. The largest absolute Gasteiger partial charge is 0.534 e. The minimum atomic E-state index is -6.12. The minimum Gasteiger partial charge on any atom is -0.497 e. The number of halogens is 3. The Bertz CT molecular complexity index is 5610. The van der Waals surface area contributed by atoms with Gasteiger partial charge in [0.25, 0.3) is 0 Å². The molecule has 26 nitrogen and oxygen atoms in total. The lowest BCUT2D eigenvalue weighted by atomic mass is 9.70. The number of carbonyl (C=O) groups excluding carboxylic acids is 4. The van der Waals surface area contributed by atoms with E-state index in [9.17, 15) is 71.4 Å². The molecule has 0 saturated carbocycles. The first kappa shape index (κ1) is 73.3. The lowest BCUT2D eigenvalue weighted by molar-refractivity contribution is -0.0500. The van der Waals surface area contributed by atoms with Gasteiger partial charge in [0.05, 0.1) is 80.2 Å². The van der Waals surface area contributed by atoms with Crippen molar-refractivity contribution in [1.29, 1.82) is 0 Å². The monoisotopic (exact) mass is 1520 g/mol. The van der Waals surface area contributed by atoms with Gasteiger partial charge in [-0.25, -0.2) is 19.2 Å². The van der Waals surface area contributed by atoms with E-state index in [-0.39, 0.29) is 115 Å². The van der Waals surface area contributed by atoms with Gasteiger partial charge in [0.15, 0.2) is 40.2 Å². The van der Waals surface area contributed by atoms with Gasteiger partial charge in [-0.15, -0.1) is 0 Å². The number of aliphatic hydroxyl groups is 6. The number of benzene rings is 10. The zero-order chi connectivity index (χ0) is 76.9. The van der Waals surface area contributed by atoms with E-state index in [1.165, 1.54) is 19.2 Å². The lowest BCUT2D eigenvalue weighted by Crippen LogP contribution is -2.41. The first-order valence-electron chi connectivity index (χ1n) is 33.7. The van der Waals surface area contributed by atoms with Gasteiger partial charge in [0.2, 0.25) is 20.4 Å². The maximum atomic E-state index is 13.2. The Morgan fingerprint density at radius 1 is 0.440 bits per heavy atom. The summed E-state index contributed by atoms with van der Waals surface area (Å²) in [6, 6.07) is 31.6. The number of alkyl halides is 3. The van der Waals surface area contributed by atoms with Gasteiger partial charge in [0.1, 0.15) is 31.3 Å². The molecule has 0 spiro atoms. The topological polar surface area (TPSA) is 353 Å². The zero-order valence-corrected chi connectivity index (χ0v) is 59.2. The van der Waals surface area contributed by atoms with E-state index in [1.54, 1.807) is 72.8 Å². The van der Waals surface area contributed by atoms with Crippen molar-refractivity contribution in [2.45, 2.75) is 104 Å². The molecule has 7 aliphatic rings. The van der Waals surface area contributed by atoms with Gasteiger partial charge in [-0.1, -0.05) is 18.2 Å². The number of fused-ring (bicyclic) bond motifs is 9. The summed E-state index contributed by atoms with van der Waals surface area (Å²) in [7, 11) is -5.34. The van der Waals surface area contributed by atoms with Crippen LogP contribution in [0.25, 0.3) is 65.7 Å². The number of cyclic esters (lactones) is 3. The highest BCUT2D eigenvalue weighted by Crippen LogP contribution is 2.52. The highest BCUT2D eigenvalue weighted by atomic mass is 32.2. The second-order valence-corrected chi connectivity index (χ2v) is 28.4. The summed E-state index contributed by atoms with van der Waals surface area (Å²) >= 11 is 0. The van der Waals surface area contributed by atoms with E-state index in [1.807, 2.05) is 58.0 Å². The van der Waals surface area contributed by atoms with Crippen LogP contribution < -0.4 is 47.5 Å². The average Bonchev–Trinajstić information content (AvgIpc) is 1.70. The third-order valence-electron chi connectivity index (χ3n) is 20.3. The van der Waals surface area contributed by atoms with E-state index in [4.69, 9.17) is 61.4 Å². The summed E-state index contributed by atoms with van der Waals surface area (Å²) < 4.78 is 141. The van der Waals surface area contributed by atoms with Gasteiger partial charge >= 0.3 is 46.6 Å². The number of hydrogen-bond donors (Lipinski definition) is 6. The van der Waals surface area contributed by atoms with Gasteiger partial charge < -0.3 is 96.2 Å². The molecule has 0 aromatic heterocycles. The van der Waals surface area contributed by atoms with Crippen molar-refractivity contribution in [2.75, 3.05) is 27.5 Å². The second kappa shape index (κ2) is 28.1. The highest BCUT2D eigenvalue weighted by molar-refractivity contribution is 7.88. The zero-order valence-electron chi connectivity index (χ0n) is 58.4. The van der Waals surface area contributed by atoms with Crippen molar-refractivity contribution in [3.05, 3.63) is 188 Å². The molecule has 0 unspecified atom stereocenters. The van der Waals surface area contributed by atoms with Crippen LogP contribution in [0.5, 0.6) is 51.7 Å². The van der Waals surface area contributed by atoms with E-state index in [2.05, 4.69) is 4.18 Å². The fourth-order valence-electron chi connectivity index (χ4n) is 14.1. The first-order valence-corrected chi connectivity index (χ1v) is 35.2. The van der Waals surface area contributed by atoms with Crippen LogP contribution in [0.1, 0.15) is 119 Å². The number of hydrogen-bond acceptors (Lipinski definition) is 26. The molecule has 0 amide bonds. The molecule has 10 aromatic carbocycles. The quantitative estimate of drug-likeness (QED) is 0.0139. The summed E-state index contributed by atoms with van der Waals surface area (Å²) in [4.78, 5) is 52.2. The average molecular weight is 1520 g/mol. The molecule has 6 N–H and O–H groups in total. The van der Waals surface area contributed by atoms with Crippen LogP contribution in [-0.2, 0) is 93.1 Å². The third kappa shape index (κ3) is 12.7. The van der Waals surface area contributed by atoms with Gasteiger partial charge in [-0.05, 0) is 202 Å². The Labute approximate surface area is 617 Å². The number of aliphatic hydroxyl groups excluding tert-OH is 6. The fraction of sp³-hybridized carbons (Fsp3) is 0.256. The number of ether oxygens (including phenoxy) is 11. The van der Waals surface area contributed by atoms with Crippen molar-refractivity contribution < 1.29 is 137 Å². The molecule has 0 aliphatic carbocycles. The van der Waals surface area contributed by atoms with Crippen LogP contribution in [-0.4, -0.2) is 114 Å². The fourth-order valence-corrected chi connectivity index (χ4v) is 14.6. The predicted molar refractivity (Wildman–Crippen MR) is 379 cm³/mol. The Balaban J connectivity index is 0.000000130. The number of esters is 4. The standard InChI is InChI=1S/C29H22O9.C27H27BO8.C22H15F3O9S/c1-34-19-5-2-15(3-6-19)28(32)38-27-21-9-18(12-31)17(11-30)8-20(21)25(26-22(27)13-35-29(26)33)16-4-7-23-24(10-16)37-14-36-23;1-26(2)27(3,4)36-28(35-26)24-18-8-16(11-30)15(10-29)7-17(18)22(23-19(24)12-32-25(23)31)14-5-6-20-21(9-14)34-13-33-20;23-22(24,25)35(29,30)34-20-14-4-12(7-27)11(6-26)3-13(14)18(19-15(20)8-31-21(19)28)10-1-2-16-17(5-10)33-9-32-16/h2-10,30-31H,11-14H2,1H3;5-9,29-30H,10-13H2,1-4H3;1-5,26-27H,6-9H2. The molecular weight excluding hydrogens is 1450 g/mol. The van der Waals surface area contributed by atoms with Gasteiger partial charge in [-0.2, -0.15) is 21.6 Å². The van der Waals surface area contributed by atoms with Gasteiger partial charge in [-0.3, -0.25) is 0 Å². The Morgan fingerprint density at radius 2 is 0.780 bits per heavy atom. The van der Waals surface area contributed by atoms with Crippen LogP contribution in [0.15, 0.2) is 115 Å². The summed E-state index contributed by atoms with van der Waals surface area (Å²) in [5.74, 6) is 0.584. The summed E-state index contributed by atoms with van der Waals surface area (Å²) in [6.45, 7) is 5.18. The van der Waals surface area contributed by atoms with Crippen molar-refractivity contribution in [3.8, 4) is 85.1 Å². The summed E-state index contributed by atoms with van der Waals surface area (Å²) in [5, 5.41) is 62.1. The van der Waals surface area contributed by atoms with Crippen LogP contribution in [0.2, 0.25) is 0 Å². The van der Waals surface area contributed by atoms with Crippen molar-refractivity contribution in [3.63, 3.8) is 0 Å². The van der Waals surface area contributed by atoms with Crippen LogP contribution in [0.3, 0.4) is 0 Å². The molecule has 109 heavy (non-hydrogen) atoms. The van der Waals surface area contributed by atoms with Crippen molar-refractivity contribution in [2.24, 2.45) is 0 Å². The second-order valence-electron chi connectivity index (χ2n) is 26.8. The van der Waals surface area contributed by atoms with E-state index in [0.717, 1.165) is 16.3 Å². The number of carbonyl (C=O) groups is 4. The van der Waals surface area contributed by atoms with Crippen LogP contribution >= 0.6 is 0 Å². The molecule has 562 valence electrons. The molecular formula is C78H64BF3O26S. The minimum absolute atomic E-state index is 0.0315. The Hall–Kier alpha value is -11.3. The normalized spacial score (nSPS) is 15.8.